The van der Waals surface area contributed by atoms with Crippen molar-refractivity contribution in [1.29, 1.82) is 5.53 Å². The number of nitrogens with zero attached hydrogens (tertiary/aromatic N) is 4. The van der Waals surface area contributed by atoms with Gasteiger partial charge in [0.1, 0.15) is 4.70 Å². The van der Waals surface area contributed by atoms with E-state index in [1.807, 2.05) is 12.2 Å². The standard InChI is InChI=1S/C32H31F4N7O4S/c1-17-15-21(11-12-22(17)19-5-3-2-4-6-19)43(16-18-7-9-20(10-8-18)27(44)40-28(37)42-38)30(45)41-29-39-23-13-14-24-25(26(23)48-29)47-32(35,36)31(33,34)46-24/h7-15,17,19,22,38H,2-6,16H2,1H3,(H2,37,40,44)(H,39,41,45). The number of anilines is 1. The van der Waals surface area contributed by atoms with Crippen molar-refractivity contribution in [3.63, 3.8) is 0 Å². The number of nitrogens with one attached hydrogen (secondary N) is 2. The number of carbonyl (C=O) groups excluding carboxylic acids is 2. The number of nitrogens with two attached hydrogens (primary N) is 1. The smallest absolute Gasteiger partial charge is 0.421 e. The number of hydrogen-bond donors (Lipinski definition) is 3. The summed E-state index contributed by atoms with van der Waals surface area (Å²) >= 11 is 0.771. The molecule has 1 aromatic heterocycles. The molecular weight excluding hydrogens is 654 g/mol. The van der Waals surface area contributed by atoms with Crippen molar-refractivity contribution in [2.24, 2.45) is 33.6 Å². The molecule has 3 aromatic rings. The van der Waals surface area contributed by atoms with Crippen LogP contribution in [0.2, 0.25) is 0 Å². The topological polar surface area (TPSA) is 155 Å². The van der Waals surface area contributed by atoms with Gasteiger partial charge in [-0.1, -0.05) is 61.8 Å². The molecule has 11 nitrogen and oxygen atoms in total. The number of amides is 3. The third kappa shape index (κ3) is 6.61. The zero-order chi connectivity index (χ0) is 34.2. The molecule has 3 aliphatic rings. The van der Waals surface area contributed by atoms with Crippen LogP contribution in [0.25, 0.3) is 10.2 Å². The number of benzene rings is 2. The Morgan fingerprint density at radius 2 is 1.79 bits per heavy atom. The van der Waals surface area contributed by atoms with Gasteiger partial charge in [-0.3, -0.25) is 15.0 Å². The van der Waals surface area contributed by atoms with Gasteiger partial charge in [0.05, 0.1) is 12.1 Å². The fourth-order valence-electron chi connectivity index (χ4n) is 6.24. The normalized spacial score (nSPS) is 21.8. The Bertz CT molecular complexity index is 1840. The first-order valence-corrected chi connectivity index (χ1v) is 16.1. The second-order valence-corrected chi connectivity index (χ2v) is 12.9. The SMILES string of the molecule is CC1C=C(N(Cc2ccc(C(=O)N=C(N)N=N)cc2)C(=O)Nc2nc3ccc4c(c3s2)OC(F)(F)C(F)(F)O4)C=CC1C1CCCCC1. The van der Waals surface area contributed by atoms with E-state index >= 15 is 0 Å². The first kappa shape index (κ1) is 33.1. The second-order valence-electron chi connectivity index (χ2n) is 11.9. The number of urea groups is 1. The molecular formula is C32H31F4N7O4S. The molecule has 3 amide bonds. The Kier molecular flexibility index (Phi) is 8.94. The number of carbonyl (C=O) groups is 2. The third-order valence-corrected chi connectivity index (χ3v) is 9.64. The minimum Gasteiger partial charge on any atom is -0.421 e. The van der Waals surface area contributed by atoms with E-state index in [-0.39, 0.29) is 33.4 Å². The molecule has 0 spiro atoms. The maximum absolute atomic E-state index is 14.0. The second kappa shape index (κ2) is 13.0. The van der Waals surface area contributed by atoms with Crippen LogP contribution in [0.5, 0.6) is 11.5 Å². The lowest BCUT2D eigenvalue weighted by Gasteiger charge is -2.35. The van der Waals surface area contributed by atoms with Gasteiger partial charge in [-0.2, -0.15) is 22.6 Å². The van der Waals surface area contributed by atoms with Gasteiger partial charge in [0, 0.05) is 11.3 Å². The van der Waals surface area contributed by atoms with Gasteiger partial charge in [0.2, 0.25) is 5.96 Å². The molecule has 0 bridgehead atoms. The number of alkyl halides is 4. The maximum Gasteiger partial charge on any atom is 0.507 e. The van der Waals surface area contributed by atoms with Gasteiger partial charge in [-0.25, -0.2) is 15.3 Å². The largest absolute Gasteiger partial charge is 0.507 e. The highest BCUT2D eigenvalue weighted by molar-refractivity contribution is 7.22. The number of rotatable bonds is 6. The van der Waals surface area contributed by atoms with Gasteiger partial charge < -0.3 is 15.2 Å². The summed E-state index contributed by atoms with van der Waals surface area (Å²) < 4.78 is 64.1. The van der Waals surface area contributed by atoms with Crippen LogP contribution in [0, 0.1) is 23.3 Å². The van der Waals surface area contributed by atoms with Crippen LogP contribution < -0.4 is 20.5 Å². The summed E-state index contributed by atoms with van der Waals surface area (Å²) in [6.07, 6.45) is 2.27. The van der Waals surface area contributed by atoms with Crippen LogP contribution in [-0.4, -0.2) is 40.0 Å². The van der Waals surface area contributed by atoms with Crippen LogP contribution in [0.3, 0.4) is 0 Å². The van der Waals surface area contributed by atoms with E-state index in [4.69, 9.17) is 11.3 Å². The van der Waals surface area contributed by atoms with Gasteiger partial charge >= 0.3 is 18.2 Å². The molecule has 6 rings (SSSR count). The summed E-state index contributed by atoms with van der Waals surface area (Å²) in [7, 11) is 0. The Balaban J connectivity index is 1.27. The Morgan fingerprint density at radius 1 is 1.08 bits per heavy atom. The Morgan fingerprint density at radius 3 is 2.48 bits per heavy atom. The molecule has 1 saturated carbocycles. The van der Waals surface area contributed by atoms with Gasteiger partial charge in [-0.05, 0) is 66.5 Å². The lowest BCUT2D eigenvalue weighted by atomic mass is 9.73. The summed E-state index contributed by atoms with van der Waals surface area (Å²) in [5.74, 6) is -1.32. The number of aliphatic imine (C=N–C) groups is 1. The molecule has 2 unspecified atom stereocenters. The number of guanidine groups is 1. The van der Waals surface area contributed by atoms with E-state index in [9.17, 15) is 27.2 Å². The minimum absolute atomic E-state index is 0.00739. The predicted octanol–water partition coefficient (Wildman–Crippen LogP) is 8.06. The number of hydrogen-bond acceptors (Lipinski definition) is 7. The average molecular weight is 686 g/mol. The summed E-state index contributed by atoms with van der Waals surface area (Å²) in [6.45, 7) is 2.19. The van der Waals surface area contributed by atoms with Crippen molar-refractivity contribution >= 4 is 44.6 Å². The first-order chi connectivity index (χ1) is 22.8. The van der Waals surface area contributed by atoms with E-state index < -0.39 is 41.6 Å². The molecule has 4 N–H and O–H groups in total. The summed E-state index contributed by atoms with van der Waals surface area (Å²) in [6, 6.07) is 8.09. The fraction of sp³-hybridized carbons (Fsp3) is 0.375. The molecule has 0 saturated heterocycles. The summed E-state index contributed by atoms with van der Waals surface area (Å²) in [5.41, 5.74) is 13.9. The maximum atomic E-state index is 14.0. The lowest BCUT2D eigenvalue weighted by Crippen LogP contribution is -2.52. The highest BCUT2D eigenvalue weighted by Crippen LogP contribution is 2.51. The highest BCUT2D eigenvalue weighted by atomic mass is 32.1. The average Bonchev–Trinajstić information content (AvgIpc) is 3.47. The van der Waals surface area contributed by atoms with Crippen LogP contribution in [0.4, 0.5) is 27.5 Å². The number of thiazole rings is 1. The zero-order valence-corrected chi connectivity index (χ0v) is 26.4. The van der Waals surface area contributed by atoms with E-state index in [0.717, 1.165) is 30.2 Å². The third-order valence-electron chi connectivity index (χ3n) is 8.65. The molecule has 2 atom stereocenters. The van der Waals surface area contributed by atoms with Gasteiger partial charge in [0.25, 0.3) is 5.91 Å². The van der Waals surface area contributed by atoms with E-state index in [1.54, 1.807) is 12.1 Å². The predicted molar refractivity (Wildman–Crippen MR) is 169 cm³/mol. The van der Waals surface area contributed by atoms with Crippen LogP contribution in [-0.2, 0) is 6.54 Å². The number of allylic oxidation sites excluding steroid dienone is 3. The number of ether oxygens (including phenoxy) is 2. The molecule has 1 fully saturated rings. The molecule has 2 aromatic carbocycles. The van der Waals surface area contributed by atoms with Crippen LogP contribution in [0.15, 0.2) is 70.4 Å². The first-order valence-electron chi connectivity index (χ1n) is 15.3. The van der Waals surface area contributed by atoms with Gasteiger partial charge in [0.15, 0.2) is 16.6 Å². The zero-order valence-electron chi connectivity index (χ0n) is 25.6. The monoisotopic (exact) mass is 685 g/mol. The van der Waals surface area contributed by atoms with E-state index in [1.165, 1.54) is 42.4 Å². The quantitative estimate of drug-likeness (QED) is 0.103. The lowest BCUT2D eigenvalue weighted by molar-refractivity contribution is -0.391. The molecule has 16 heteroatoms. The molecule has 0 radical (unpaired) electrons. The Labute approximate surface area is 276 Å². The molecule has 2 heterocycles. The highest BCUT2D eigenvalue weighted by Gasteiger charge is 2.66. The molecule has 252 valence electrons. The van der Waals surface area contributed by atoms with E-state index in [2.05, 4.69) is 42.9 Å². The van der Waals surface area contributed by atoms with Crippen molar-refractivity contribution in [3.8, 4) is 11.5 Å². The van der Waals surface area contributed by atoms with Crippen molar-refractivity contribution in [3.05, 3.63) is 71.5 Å². The van der Waals surface area contributed by atoms with Crippen LogP contribution in [0.1, 0.15) is 54.9 Å². The summed E-state index contributed by atoms with van der Waals surface area (Å²) in [5, 5.41) is 5.65. The van der Waals surface area contributed by atoms with Crippen molar-refractivity contribution < 1.29 is 36.6 Å². The number of fused-ring (bicyclic) bond motifs is 3. The fourth-order valence-corrected chi connectivity index (χ4v) is 7.17. The number of halogens is 4. The van der Waals surface area contributed by atoms with Crippen molar-refractivity contribution in [2.75, 3.05) is 5.32 Å². The molecule has 1 aliphatic heterocycles. The van der Waals surface area contributed by atoms with Crippen molar-refractivity contribution in [1.82, 2.24) is 9.88 Å². The van der Waals surface area contributed by atoms with E-state index in [0.29, 0.717) is 23.1 Å². The van der Waals surface area contributed by atoms with Gasteiger partial charge in [-0.15, -0.1) is 5.11 Å². The van der Waals surface area contributed by atoms with Crippen LogP contribution >= 0.6 is 11.3 Å². The molecule has 48 heavy (non-hydrogen) atoms. The summed E-state index contributed by atoms with van der Waals surface area (Å²) in [4.78, 5) is 35.6. The Hall–Kier alpha value is -4.86. The number of aromatic nitrogens is 1. The minimum atomic E-state index is -4.92. The van der Waals surface area contributed by atoms with Crippen molar-refractivity contribution in [2.45, 2.75) is 57.8 Å². The molecule has 2 aliphatic carbocycles.